The van der Waals surface area contributed by atoms with E-state index in [2.05, 4.69) is 10.0 Å². The van der Waals surface area contributed by atoms with Gasteiger partial charge in [-0.05, 0) is 51.3 Å². The van der Waals surface area contributed by atoms with Crippen LogP contribution in [0.5, 0.6) is 0 Å². The van der Waals surface area contributed by atoms with E-state index >= 15 is 0 Å². The summed E-state index contributed by atoms with van der Waals surface area (Å²) in [4.78, 5) is 24.1. The van der Waals surface area contributed by atoms with Gasteiger partial charge in [-0.15, -0.1) is 0 Å². The zero-order valence-electron chi connectivity index (χ0n) is 17.4. The Balaban J connectivity index is 1.75. The standard InChI is InChI=1S/C22H28N2O5S/c1-16-9-13-20(14-10-16)30(27,28)24-18(3)22(26)29-15-21(25)23-17(2)11-12-19-7-5-4-6-8-19/h4-10,13-14,17-18,24H,11-12,15H2,1-3H3,(H,23,25)/t17-,18+/m0/s1. The number of carbonyl (C=O) groups is 2. The van der Waals surface area contributed by atoms with E-state index in [1.807, 2.05) is 44.2 Å². The van der Waals surface area contributed by atoms with Crippen molar-refractivity contribution in [3.8, 4) is 0 Å². The van der Waals surface area contributed by atoms with Crippen molar-refractivity contribution in [2.75, 3.05) is 6.61 Å². The molecule has 2 aromatic carbocycles. The molecule has 2 atom stereocenters. The van der Waals surface area contributed by atoms with Crippen LogP contribution in [0.25, 0.3) is 0 Å². The molecule has 7 nitrogen and oxygen atoms in total. The number of aryl methyl sites for hydroxylation is 2. The van der Waals surface area contributed by atoms with Gasteiger partial charge in [0, 0.05) is 6.04 Å². The van der Waals surface area contributed by atoms with E-state index in [1.165, 1.54) is 24.6 Å². The number of benzene rings is 2. The first-order valence-electron chi connectivity index (χ1n) is 9.76. The molecule has 0 heterocycles. The van der Waals surface area contributed by atoms with Crippen LogP contribution in [0, 0.1) is 6.92 Å². The van der Waals surface area contributed by atoms with E-state index in [1.54, 1.807) is 12.1 Å². The fourth-order valence-electron chi connectivity index (χ4n) is 2.74. The van der Waals surface area contributed by atoms with E-state index in [-0.39, 0.29) is 10.9 Å². The van der Waals surface area contributed by atoms with Crippen LogP contribution in [0.4, 0.5) is 0 Å². The van der Waals surface area contributed by atoms with Crippen LogP contribution < -0.4 is 10.0 Å². The Morgan fingerprint density at radius 2 is 1.63 bits per heavy atom. The Morgan fingerprint density at radius 3 is 2.27 bits per heavy atom. The Labute approximate surface area is 177 Å². The van der Waals surface area contributed by atoms with Crippen LogP contribution in [-0.4, -0.2) is 39.0 Å². The van der Waals surface area contributed by atoms with Crippen molar-refractivity contribution in [2.45, 2.75) is 50.6 Å². The average Bonchev–Trinajstić information content (AvgIpc) is 2.71. The van der Waals surface area contributed by atoms with Gasteiger partial charge in [-0.1, -0.05) is 48.0 Å². The molecule has 8 heteroatoms. The van der Waals surface area contributed by atoms with Crippen molar-refractivity contribution in [2.24, 2.45) is 0 Å². The lowest BCUT2D eigenvalue weighted by Crippen LogP contribution is -2.41. The topological polar surface area (TPSA) is 102 Å². The number of hydrogen-bond donors (Lipinski definition) is 2. The van der Waals surface area contributed by atoms with Crippen LogP contribution in [0.15, 0.2) is 59.5 Å². The number of sulfonamides is 1. The van der Waals surface area contributed by atoms with Gasteiger partial charge >= 0.3 is 5.97 Å². The number of carbonyl (C=O) groups excluding carboxylic acids is 2. The van der Waals surface area contributed by atoms with E-state index in [9.17, 15) is 18.0 Å². The van der Waals surface area contributed by atoms with Gasteiger partial charge in [-0.2, -0.15) is 4.72 Å². The van der Waals surface area contributed by atoms with Gasteiger partial charge in [0.1, 0.15) is 6.04 Å². The summed E-state index contributed by atoms with van der Waals surface area (Å²) in [6.45, 7) is 4.62. The van der Waals surface area contributed by atoms with Crippen LogP contribution >= 0.6 is 0 Å². The van der Waals surface area contributed by atoms with Gasteiger partial charge in [-0.25, -0.2) is 8.42 Å². The first-order chi connectivity index (χ1) is 14.2. The first-order valence-corrected chi connectivity index (χ1v) is 11.2. The molecule has 30 heavy (non-hydrogen) atoms. The molecule has 0 aliphatic heterocycles. The summed E-state index contributed by atoms with van der Waals surface area (Å²) < 4.78 is 31.9. The lowest BCUT2D eigenvalue weighted by molar-refractivity contribution is -0.149. The van der Waals surface area contributed by atoms with Crippen LogP contribution in [0.2, 0.25) is 0 Å². The molecular weight excluding hydrogens is 404 g/mol. The van der Waals surface area contributed by atoms with Crippen molar-refractivity contribution >= 4 is 21.9 Å². The maximum absolute atomic E-state index is 12.3. The molecule has 0 aliphatic rings. The number of ether oxygens (including phenoxy) is 1. The van der Waals surface area contributed by atoms with Crippen molar-refractivity contribution in [3.05, 3.63) is 65.7 Å². The zero-order valence-corrected chi connectivity index (χ0v) is 18.2. The summed E-state index contributed by atoms with van der Waals surface area (Å²) in [6, 6.07) is 15.0. The Morgan fingerprint density at radius 1 is 1.00 bits per heavy atom. The maximum atomic E-state index is 12.3. The predicted molar refractivity (Wildman–Crippen MR) is 114 cm³/mol. The molecule has 0 saturated heterocycles. The SMILES string of the molecule is Cc1ccc(S(=O)(=O)N[C@H](C)C(=O)OCC(=O)N[C@@H](C)CCc2ccccc2)cc1. The Kier molecular flexibility index (Phi) is 8.56. The monoisotopic (exact) mass is 432 g/mol. The van der Waals surface area contributed by atoms with Gasteiger partial charge < -0.3 is 10.1 Å². The molecule has 0 bridgehead atoms. The average molecular weight is 433 g/mol. The third kappa shape index (κ3) is 7.61. The van der Waals surface area contributed by atoms with E-state index < -0.39 is 34.5 Å². The van der Waals surface area contributed by atoms with Crippen LogP contribution in [0.1, 0.15) is 31.4 Å². The molecule has 0 aliphatic carbocycles. The minimum Gasteiger partial charge on any atom is -0.454 e. The number of rotatable bonds is 10. The molecular formula is C22H28N2O5S. The fourth-order valence-corrected chi connectivity index (χ4v) is 3.94. The molecule has 0 unspecified atom stereocenters. The third-order valence-corrected chi connectivity index (χ3v) is 6.04. The molecule has 2 aromatic rings. The number of nitrogens with one attached hydrogen (secondary N) is 2. The first kappa shape index (κ1) is 23.6. The summed E-state index contributed by atoms with van der Waals surface area (Å²) in [5, 5.41) is 2.77. The molecule has 0 saturated carbocycles. The largest absolute Gasteiger partial charge is 0.454 e. The summed E-state index contributed by atoms with van der Waals surface area (Å²) in [6.07, 6.45) is 1.57. The van der Waals surface area contributed by atoms with Gasteiger partial charge in [0.2, 0.25) is 10.0 Å². The highest BCUT2D eigenvalue weighted by Gasteiger charge is 2.23. The second-order valence-corrected chi connectivity index (χ2v) is 8.97. The van der Waals surface area contributed by atoms with Crippen LogP contribution in [-0.2, 0) is 30.8 Å². The van der Waals surface area contributed by atoms with Crippen molar-refractivity contribution < 1.29 is 22.7 Å². The molecule has 2 rings (SSSR count). The highest BCUT2D eigenvalue weighted by Crippen LogP contribution is 2.11. The summed E-state index contributed by atoms with van der Waals surface area (Å²) in [7, 11) is -3.86. The number of amides is 1. The molecule has 0 aromatic heterocycles. The normalized spacial score (nSPS) is 13.3. The van der Waals surface area contributed by atoms with Crippen molar-refractivity contribution in [3.63, 3.8) is 0 Å². The second-order valence-electron chi connectivity index (χ2n) is 7.26. The van der Waals surface area contributed by atoms with Crippen molar-refractivity contribution in [1.29, 1.82) is 0 Å². The van der Waals surface area contributed by atoms with Crippen LogP contribution in [0.3, 0.4) is 0 Å². The summed E-state index contributed by atoms with van der Waals surface area (Å²) >= 11 is 0. The van der Waals surface area contributed by atoms with Gasteiger partial charge in [0.25, 0.3) is 5.91 Å². The molecule has 0 radical (unpaired) electrons. The lowest BCUT2D eigenvalue weighted by atomic mass is 10.1. The third-order valence-electron chi connectivity index (χ3n) is 4.48. The highest BCUT2D eigenvalue weighted by molar-refractivity contribution is 7.89. The molecule has 0 spiro atoms. The Hall–Kier alpha value is -2.71. The molecule has 0 fully saturated rings. The predicted octanol–water partition coefficient (Wildman–Crippen LogP) is 2.34. The lowest BCUT2D eigenvalue weighted by Gasteiger charge is -2.16. The summed E-state index contributed by atoms with van der Waals surface area (Å²) in [5.74, 6) is -1.25. The van der Waals surface area contributed by atoms with Gasteiger partial charge in [0.15, 0.2) is 6.61 Å². The van der Waals surface area contributed by atoms with E-state index in [4.69, 9.17) is 4.74 Å². The number of hydrogen-bond acceptors (Lipinski definition) is 5. The van der Waals surface area contributed by atoms with E-state index in [0.29, 0.717) is 0 Å². The highest BCUT2D eigenvalue weighted by atomic mass is 32.2. The van der Waals surface area contributed by atoms with Gasteiger partial charge in [-0.3, -0.25) is 9.59 Å². The number of esters is 1. The Bertz CT molecular complexity index is 943. The quantitative estimate of drug-likeness (QED) is 0.561. The smallest absolute Gasteiger partial charge is 0.324 e. The van der Waals surface area contributed by atoms with E-state index in [0.717, 1.165) is 18.4 Å². The molecule has 2 N–H and O–H groups in total. The molecule has 1 amide bonds. The zero-order chi connectivity index (χ0) is 22.1. The summed E-state index contributed by atoms with van der Waals surface area (Å²) in [5.41, 5.74) is 2.10. The van der Waals surface area contributed by atoms with Crippen molar-refractivity contribution in [1.82, 2.24) is 10.0 Å². The fraction of sp³-hybridized carbons (Fsp3) is 0.364. The minimum absolute atomic E-state index is 0.0535. The maximum Gasteiger partial charge on any atom is 0.324 e. The van der Waals surface area contributed by atoms with Gasteiger partial charge in [0.05, 0.1) is 4.90 Å². The minimum atomic E-state index is -3.86. The second kappa shape index (κ2) is 10.9. The molecule has 162 valence electrons.